The second-order valence-corrected chi connectivity index (χ2v) is 11.6. The summed E-state index contributed by atoms with van der Waals surface area (Å²) in [4.78, 5) is 28.2. The van der Waals surface area contributed by atoms with Crippen LogP contribution in [0, 0.1) is 13.8 Å². The number of hydrogen-bond acceptors (Lipinski definition) is 4. The fourth-order valence-electron chi connectivity index (χ4n) is 4.57. The molecule has 2 aromatic carbocycles. The standard InChI is InChI=1S/C29H36N4O2S/c1-7-14-30-23(34)17-32-24(35)18-36-26(21-12-8-10-19(2)15-21)25-27(29(4,5)6)31-33(28(25)32)22-13-9-11-20(3)16-22/h8-13,15-16,26H,7,14,17-18H2,1-6H3,(H,30,34)/t26-/m1/s1. The van der Waals surface area contributed by atoms with Gasteiger partial charge in [-0.2, -0.15) is 5.10 Å². The Labute approximate surface area is 218 Å². The van der Waals surface area contributed by atoms with E-state index in [2.05, 4.69) is 63.3 Å². The van der Waals surface area contributed by atoms with Gasteiger partial charge < -0.3 is 5.32 Å². The molecule has 4 rings (SSSR count). The van der Waals surface area contributed by atoms with E-state index in [9.17, 15) is 9.59 Å². The molecule has 1 atom stereocenters. The first-order valence-corrected chi connectivity index (χ1v) is 13.6. The van der Waals surface area contributed by atoms with Crippen LogP contribution in [0.4, 0.5) is 5.82 Å². The van der Waals surface area contributed by atoms with E-state index in [1.165, 1.54) is 5.56 Å². The minimum absolute atomic E-state index is 0.0337. The predicted octanol–water partition coefficient (Wildman–Crippen LogP) is 5.48. The first-order valence-electron chi connectivity index (χ1n) is 12.6. The topological polar surface area (TPSA) is 67.2 Å². The van der Waals surface area contributed by atoms with Crippen molar-refractivity contribution in [2.75, 3.05) is 23.7 Å². The number of nitrogens with one attached hydrogen (secondary N) is 1. The number of benzene rings is 2. The summed E-state index contributed by atoms with van der Waals surface area (Å²) in [6, 6.07) is 16.6. The van der Waals surface area contributed by atoms with E-state index >= 15 is 0 Å². The van der Waals surface area contributed by atoms with Crippen LogP contribution in [0.15, 0.2) is 48.5 Å². The zero-order valence-electron chi connectivity index (χ0n) is 22.1. The molecule has 36 heavy (non-hydrogen) atoms. The summed E-state index contributed by atoms with van der Waals surface area (Å²) in [7, 11) is 0. The summed E-state index contributed by atoms with van der Waals surface area (Å²) in [6.07, 6.45) is 0.839. The van der Waals surface area contributed by atoms with Crippen LogP contribution in [0.25, 0.3) is 5.69 Å². The van der Waals surface area contributed by atoms with Crippen LogP contribution in [0.1, 0.15) is 67.3 Å². The van der Waals surface area contributed by atoms with Crippen LogP contribution < -0.4 is 10.2 Å². The van der Waals surface area contributed by atoms with Crippen molar-refractivity contribution >= 4 is 29.4 Å². The van der Waals surface area contributed by atoms with Crippen LogP contribution in [-0.2, 0) is 15.0 Å². The first kappa shape index (κ1) is 26.0. The van der Waals surface area contributed by atoms with E-state index in [1.54, 1.807) is 16.7 Å². The lowest BCUT2D eigenvalue weighted by atomic mass is 9.87. The SMILES string of the molecule is CCCNC(=O)CN1C(=O)CS[C@H](c2cccc(C)c2)c2c(C(C)(C)C)nn(-c3cccc(C)c3)c21. The van der Waals surface area contributed by atoms with Gasteiger partial charge in [0.1, 0.15) is 12.4 Å². The average molecular weight is 505 g/mol. The lowest BCUT2D eigenvalue weighted by Gasteiger charge is -2.24. The van der Waals surface area contributed by atoms with Crippen molar-refractivity contribution in [2.24, 2.45) is 0 Å². The predicted molar refractivity (Wildman–Crippen MR) is 148 cm³/mol. The molecular formula is C29H36N4O2S. The molecule has 1 aliphatic rings. The molecule has 7 heteroatoms. The second-order valence-electron chi connectivity index (χ2n) is 10.5. The number of aromatic nitrogens is 2. The van der Waals surface area contributed by atoms with Gasteiger partial charge in [-0.3, -0.25) is 14.5 Å². The van der Waals surface area contributed by atoms with Gasteiger partial charge in [0.15, 0.2) is 0 Å². The Hall–Kier alpha value is -3.06. The largest absolute Gasteiger partial charge is 0.355 e. The van der Waals surface area contributed by atoms with Gasteiger partial charge in [0.2, 0.25) is 11.8 Å². The summed E-state index contributed by atoms with van der Waals surface area (Å²) < 4.78 is 1.88. The average Bonchev–Trinajstić information content (AvgIpc) is 3.16. The Morgan fingerprint density at radius 1 is 1.11 bits per heavy atom. The second kappa shape index (κ2) is 10.5. The fraction of sp³-hybridized carbons (Fsp3) is 0.414. The number of amides is 2. The molecule has 6 nitrogen and oxygen atoms in total. The molecule has 1 N–H and O–H groups in total. The molecule has 0 aliphatic carbocycles. The van der Waals surface area contributed by atoms with Crippen LogP contribution in [0.5, 0.6) is 0 Å². The Balaban J connectivity index is 2.00. The lowest BCUT2D eigenvalue weighted by molar-refractivity contribution is -0.122. The van der Waals surface area contributed by atoms with Gasteiger partial charge in [-0.05, 0) is 43.5 Å². The molecule has 0 spiro atoms. The number of carbonyl (C=O) groups is 2. The molecule has 3 aromatic rings. The molecule has 1 aliphatic heterocycles. The van der Waals surface area contributed by atoms with E-state index in [0.717, 1.165) is 34.5 Å². The highest BCUT2D eigenvalue weighted by molar-refractivity contribution is 8.00. The third kappa shape index (κ3) is 5.36. The Bertz CT molecular complexity index is 1270. The molecule has 0 bridgehead atoms. The molecule has 0 radical (unpaired) electrons. The number of thioether (sulfide) groups is 1. The smallest absolute Gasteiger partial charge is 0.240 e. The minimum atomic E-state index is -0.272. The van der Waals surface area contributed by atoms with Gasteiger partial charge in [-0.25, -0.2) is 4.68 Å². The van der Waals surface area contributed by atoms with Crippen molar-refractivity contribution < 1.29 is 9.59 Å². The minimum Gasteiger partial charge on any atom is -0.355 e. The van der Waals surface area contributed by atoms with Crippen molar-refractivity contribution in [3.8, 4) is 5.69 Å². The number of anilines is 1. The number of hydrogen-bond donors (Lipinski definition) is 1. The number of rotatable bonds is 6. The summed E-state index contributed by atoms with van der Waals surface area (Å²) in [5.74, 6) is 0.728. The van der Waals surface area contributed by atoms with Gasteiger partial charge >= 0.3 is 0 Å². The first-order chi connectivity index (χ1) is 17.1. The molecule has 2 amide bonds. The van der Waals surface area contributed by atoms with Crippen molar-refractivity contribution in [3.05, 3.63) is 76.5 Å². The van der Waals surface area contributed by atoms with Crippen LogP contribution >= 0.6 is 11.8 Å². The maximum atomic E-state index is 13.6. The molecular weight excluding hydrogens is 468 g/mol. The van der Waals surface area contributed by atoms with E-state index in [4.69, 9.17) is 5.10 Å². The molecule has 1 aromatic heterocycles. The van der Waals surface area contributed by atoms with E-state index < -0.39 is 0 Å². The van der Waals surface area contributed by atoms with Crippen molar-refractivity contribution in [1.82, 2.24) is 15.1 Å². The van der Waals surface area contributed by atoms with E-state index in [1.807, 2.05) is 36.7 Å². The molecule has 2 heterocycles. The monoisotopic (exact) mass is 504 g/mol. The number of nitrogens with zero attached hydrogens (tertiary/aromatic N) is 3. The van der Waals surface area contributed by atoms with Gasteiger partial charge in [-0.1, -0.05) is 69.7 Å². The molecule has 190 valence electrons. The Morgan fingerprint density at radius 3 is 2.44 bits per heavy atom. The summed E-state index contributed by atoms with van der Waals surface area (Å²) >= 11 is 1.61. The molecule has 0 fully saturated rings. The molecule has 0 unspecified atom stereocenters. The quantitative estimate of drug-likeness (QED) is 0.483. The summed E-state index contributed by atoms with van der Waals surface area (Å²) in [5, 5.41) is 8.00. The highest BCUT2D eigenvalue weighted by atomic mass is 32.2. The van der Waals surface area contributed by atoms with E-state index in [0.29, 0.717) is 12.4 Å². The van der Waals surface area contributed by atoms with Crippen LogP contribution in [0.2, 0.25) is 0 Å². The van der Waals surface area contributed by atoms with Gasteiger partial charge in [-0.15, -0.1) is 11.8 Å². The van der Waals surface area contributed by atoms with Crippen molar-refractivity contribution in [3.63, 3.8) is 0 Å². The van der Waals surface area contributed by atoms with Crippen LogP contribution in [-0.4, -0.2) is 40.4 Å². The van der Waals surface area contributed by atoms with Gasteiger partial charge in [0.05, 0.1) is 22.4 Å². The normalized spacial score (nSPS) is 16.0. The van der Waals surface area contributed by atoms with Gasteiger partial charge in [0.25, 0.3) is 0 Å². The van der Waals surface area contributed by atoms with Crippen LogP contribution in [0.3, 0.4) is 0 Å². The third-order valence-corrected chi connectivity index (χ3v) is 7.52. The van der Waals surface area contributed by atoms with E-state index in [-0.39, 0.29) is 34.8 Å². The highest BCUT2D eigenvalue weighted by Gasteiger charge is 2.39. The third-order valence-electron chi connectivity index (χ3n) is 6.26. The lowest BCUT2D eigenvalue weighted by Crippen LogP contribution is -2.42. The zero-order chi connectivity index (χ0) is 26.0. The number of carbonyl (C=O) groups excluding carboxylic acids is 2. The maximum absolute atomic E-state index is 13.6. The zero-order valence-corrected chi connectivity index (χ0v) is 22.9. The Morgan fingerprint density at radius 2 is 1.81 bits per heavy atom. The highest BCUT2D eigenvalue weighted by Crippen LogP contribution is 2.48. The van der Waals surface area contributed by atoms with Crippen molar-refractivity contribution in [2.45, 2.75) is 58.6 Å². The van der Waals surface area contributed by atoms with Gasteiger partial charge in [0, 0.05) is 17.5 Å². The molecule has 0 saturated carbocycles. The maximum Gasteiger partial charge on any atom is 0.240 e. The summed E-state index contributed by atoms with van der Waals surface area (Å²) in [6.45, 7) is 13.1. The number of aryl methyl sites for hydroxylation is 2. The Kier molecular flexibility index (Phi) is 7.59. The molecule has 0 saturated heterocycles. The fourth-order valence-corrected chi connectivity index (χ4v) is 5.76. The number of fused-ring (bicyclic) bond motifs is 1. The summed E-state index contributed by atoms with van der Waals surface area (Å²) in [5.41, 5.74) is 5.96. The van der Waals surface area contributed by atoms with Crippen molar-refractivity contribution in [1.29, 1.82) is 0 Å².